The summed E-state index contributed by atoms with van der Waals surface area (Å²) in [5, 5.41) is 21.5. The van der Waals surface area contributed by atoms with Crippen LogP contribution in [0.3, 0.4) is 0 Å². The molecular formula is C27H30N10O2. The van der Waals surface area contributed by atoms with Gasteiger partial charge in [-0.15, -0.1) is 0 Å². The first-order chi connectivity index (χ1) is 19.1. The van der Waals surface area contributed by atoms with Gasteiger partial charge in [-0.3, -0.25) is 9.58 Å². The second-order valence-corrected chi connectivity index (χ2v) is 9.96. The van der Waals surface area contributed by atoms with Crippen LogP contribution >= 0.6 is 0 Å². The standard InChI is InChI=1S/C27H30N10O2/c1-19(13-36-18-29-17-33-36)39-26-8-20(2-3-21(26)9-28)22-10-30-27(31-11-22)34-23-12-32-37(14-23)24-4-6-35(7-5-24)25-15-38-16-25/h2-3,8,10-12,14,17-19,24-25H,4-7,13,15-16H2,1H3,(H,30,31,34)/t19-/m0/s1. The number of nitrogens with zero attached hydrogens (tertiary/aromatic N) is 9. The zero-order chi connectivity index (χ0) is 26.6. The highest BCUT2D eigenvalue weighted by Crippen LogP contribution is 2.29. The van der Waals surface area contributed by atoms with E-state index in [0.717, 1.165) is 56.0 Å². The average molecular weight is 527 g/mol. The Balaban J connectivity index is 1.08. The first-order valence-corrected chi connectivity index (χ1v) is 13.1. The van der Waals surface area contributed by atoms with Crippen molar-refractivity contribution >= 4 is 11.6 Å². The Hall–Kier alpha value is -4.34. The molecule has 2 aliphatic heterocycles. The number of hydrogen-bond acceptors (Lipinski definition) is 10. The van der Waals surface area contributed by atoms with Crippen LogP contribution in [-0.4, -0.2) is 77.9 Å². The third-order valence-electron chi connectivity index (χ3n) is 7.19. The molecule has 0 radical (unpaired) electrons. The monoisotopic (exact) mass is 526 g/mol. The summed E-state index contributed by atoms with van der Waals surface area (Å²) in [5.41, 5.74) is 2.99. The third-order valence-corrected chi connectivity index (χ3v) is 7.19. The molecule has 12 heteroatoms. The summed E-state index contributed by atoms with van der Waals surface area (Å²) in [4.78, 5) is 15.5. The van der Waals surface area contributed by atoms with Crippen molar-refractivity contribution in [3.05, 3.63) is 61.2 Å². The highest BCUT2D eigenvalue weighted by Gasteiger charge is 2.30. The molecule has 6 rings (SSSR count). The van der Waals surface area contributed by atoms with Crippen molar-refractivity contribution in [2.24, 2.45) is 0 Å². The molecule has 39 heavy (non-hydrogen) atoms. The Morgan fingerprint density at radius 2 is 1.92 bits per heavy atom. The molecule has 12 nitrogen and oxygen atoms in total. The van der Waals surface area contributed by atoms with E-state index in [-0.39, 0.29) is 6.10 Å². The van der Waals surface area contributed by atoms with Crippen LogP contribution in [0.1, 0.15) is 31.4 Å². The van der Waals surface area contributed by atoms with Gasteiger partial charge in [-0.05, 0) is 37.5 Å². The predicted molar refractivity (Wildman–Crippen MR) is 142 cm³/mol. The minimum absolute atomic E-state index is 0.206. The average Bonchev–Trinajstić information content (AvgIpc) is 3.61. The van der Waals surface area contributed by atoms with Crippen molar-refractivity contribution in [1.29, 1.82) is 5.26 Å². The minimum atomic E-state index is -0.206. The van der Waals surface area contributed by atoms with Gasteiger partial charge in [0, 0.05) is 37.2 Å². The molecule has 0 spiro atoms. The van der Waals surface area contributed by atoms with Crippen LogP contribution in [0.4, 0.5) is 11.6 Å². The number of aromatic nitrogens is 7. The number of piperidine rings is 1. The van der Waals surface area contributed by atoms with E-state index in [2.05, 4.69) is 41.4 Å². The van der Waals surface area contributed by atoms with Crippen LogP contribution in [0.15, 0.2) is 55.6 Å². The second-order valence-electron chi connectivity index (χ2n) is 9.96. The molecule has 1 atom stereocenters. The zero-order valence-corrected chi connectivity index (χ0v) is 21.7. The van der Waals surface area contributed by atoms with Gasteiger partial charge in [0.25, 0.3) is 0 Å². The number of ether oxygens (including phenoxy) is 2. The summed E-state index contributed by atoms with van der Waals surface area (Å²) in [5.74, 6) is 0.994. The fraction of sp³-hybridized carbons (Fsp3) is 0.407. The second kappa shape index (κ2) is 11.2. The number of likely N-dealkylation sites (tertiary alicyclic amines) is 1. The highest BCUT2D eigenvalue weighted by molar-refractivity contribution is 5.66. The van der Waals surface area contributed by atoms with Crippen molar-refractivity contribution in [1.82, 2.24) is 39.4 Å². The Labute approximate surface area is 226 Å². The van der Waals surface area contributed by atoms with Gasteiger partial charge in [-0.2, -0.15) is 15.5 Å². The Bertz CT molecular complexity index is 1420. The minimum Gasteiger partial charge on any atom is -0.487 e. The lowest BCUT2D eigenvalue weighted by molar-refractivity contribution is -0.0734. The molecule has 0 aliphatic carbocycles. The molecule has 0 unspecified atom stereocenters. The predicted octanol–water partition coefficient (Wildman–Crippen LogP) is 3.05. The maximum atomic E-state index is 9.55. The quantitative estimate of drug-likeness (QED) is 0.347. The number of nitrogens with one attached hydrogen (secondary N) is 1. The van der Waals surface area contributed by atoms with Gasteiger partial charge in [0.2, 0.25) is 5.95 Å². The lowest BCUT2D eigenvalue weighted by Crippen LogP contribution is -2.51. The molecule has 2 saturated heterocycles. The van der Waals surface area contributed by atoms with Gasteiger partial charge < -0.3 is 14.8 Å². The van der Waals surface area contributed by atoms with Crippen LogP contribution in [0.5, 0.6) is 5.75 Å². The van der Waals surface area contributed by atoms with E-state index in [0.29, 0.717) is 35.9 Å². The number of nitriles is 1. The smallest absolute Gasteiger partial charge is 0.227 e. The summed E-state index contributed by atoms with van der Waals surface area (Å²) < 4.78 is 15.1. The van der Waals surface area contributed by atoms with Gasteiger partial charge >= 0.3 is 0 Å². The number of hydrogen-bond donors (Lipinski definition) is 1. The SMILES string of the molecule is C[C@@H](Cn1cncn1)Oc1cc(-c2cnc(Nc3cnn(C4CCN(C5COC5)CC4)c3)nc2)ccc1C#N. The van der Waals surface area contributed by atoms with Gasteiger partial charge in [0.1, 0.15) is 30.6 Å². The van der Waals surface area contributed by atoms with E-state index in [1.807, 2.05) is 36.1 Å². The molecule has 0 amide bonds. The van der Waals surface area contributed by atoms with E-state index >= 15 is 0 Å². The van der Waals surface area contributed by atoms with Crippen LogP contribution in [0.2, 0.25) is 0 Å². The van der Waals surface area contributed by atoms with E-state index < -0.39 is 0 Å². The fourth-order valence-electron chi connectivity index (χ4n) is 4.96. The molecule has 4 aromatic rings. The lowest BCUT2D eigenvalue weighted by Gasteiger charge is -2.41. The van der Waals surface area contributed by atoms with Gasteiger partial charge in [-0.1, -0.05) is 6.07 Å². The molecule has 3 aromatic heterocycles. The van der Waals surface area contributed by atoms with Crippen LogP contribution in [-0.2, 0) is 11.3 Å². The Kier molecular flexibility index (Phi) is 7.16. The normalized spacial score (nSPS) is 17.3. The topological polar surface area (TPSA) is 132 Å². The highest BCUT2D eigenvalue weighted by atomic mass is 16.5. The number of rotatable bonds is 9. The summed E-state index contributed by atoms with van der Waals surface area (Å²) >= 11 is 0. The van der Waals surface area contributed by atoms with Crippen molar-refractivity contribution in [2.45, 2.75) is 44.5 Å². The molecule has 1 aromatic carbocycles. The largest absolute Gasteiger partial charge is 0.487 e. The molecule has 0 bridgehead atoms. The maximum Gasteiger partial charge on any atom is 0.227 e. The Morgan fingerprint density at radius 3 is 2.62 bits per heavy atom. The Morgan fingerprint density at radius 1 is 1.10 bits per heavy atom. The summed E-state index contributed by atoms with van der Waals surface area (Å²) in [6.45, 7) is 6.33. The van der Waals surface area contributed by atoms with Crippen molar-refractivity contribution in [3.8, 4) is 22.9 Å². The van der Waals surface area contributed by atoms with Crippen molar-refractivity contribution < 1.29 is 9.47 Å². The molecule has 200 valence electrons. The zero-order valence-electron chi connectivity index (χ0n) is 21.7. The van der Waals surface area contributed by atoms with Gasteiger partial charge in [-0.25, -0.2) is 19.6 Å². The van der Waals surface area contributed by atoms with Crippen LogP contribution < -0.4 is 10.1 Å². The van der Waals surface area contributed by atoms with E-state index in [4.69, 9.17) is 9.47 Å². The van der Waals surface area contributed by atoms with Crippen molar-refractivity contribution in [2.75, 3.05) is 31.6 Å². The third kappa shape index (κ3) is 5.74. The first-order valence-electron chi connectivity index (χ1n) is 13.1. The number of benzene rings is 1. The van der Waals surface area contributed by atoms with E-state index in [1.54, 1.807) is 29.5 Å². The maximum absolute atomic E-state index is 9.55. The molecule has 1 N–H and O–H groups in total. The van der Waals surface area contributed by atoms with E-state index in [9.17, 15) is 5.26 Å². The molecule has 5 heterocycles. The molecule has 2 fully saturated rings. The van der Waals surface area contributed by atoms with Gasteiger partial charge in [0.05, 0.1) is 49.3 Å². The fourth-order valence-corrected chi connectivity index (χ4v) is 4.96. The van der Waals surface area contributed by atoms with Crippen molar-refractivity contribution in [3.63, 3.8) is 0 Å². The lowest BCUT2D eigenvalue weighted by atomic mass is 10.0. The molecule has 2 aliphatic rings. The number of anilines is 2. The van der Waals surface area contributed by atoms with Gasteiger partial charge in [0.15, 0.2) is 0 Å². The summed E-state index contributed by atoms with van der Waals surface area (Å²) in [7, 11) is 0. The molecule has 0 saturated carbocycles. The first kappa shape index (κ1) is 25.0. The van der Waals surface area contributed by atoms with Crippen LogP contribution in [0.25, 0.3) is 11.1 Å². The molecular weight excluding hydrogens is 496 g/mol. The summed E-state index contributed by atoms with van der Waals surface area (Å²) in [6.07, 6.45) is 12.4. The van der Waals surface area contributed by atoms with E-state index in [1.165, 1.54) is 6.33 Å². The van der Waals surface area contributed by atoms with Crippen LogP contribution in [0, 0.1) is 11.3 Å². The summed E-state index contributed by atoms with van der Waals surface area (Å²) in [6, 6.07) is 8.65.